The van der Waals surface area contributed by atoms with Crippen LogP contribution in [0.5, 0.6) is 0 Å². The molecule has 1 aliphatic carbocycles. The average Bonchev–Trinajstić information content (AvgIpc) is 2.80. The molecule has 2 N–H and O–H groups in total. The minimum Gasteiger partial charge on any atom is -0.481 e. The second-order valence-corrected chi connectivity index (χ2v) is 5.87. The summed E-state index contributed by atoms with van der Waals surface area (Å²) in [6, 6.07) is 4.63. The topological polar surface area (TPSA) is 66.4 Å². The van der Waals surface area contributed by atoms with Crippen molar-refractivity contribution in [1.82, 2.24) is 5.32 Å². The first-order valence-electron chi connectivity index (χ1n) is 5.98. The number of aliphatic carboxylic acids is 1. The van der Waals surface area contributed by atoms with Crippen LogP contribution in [0.4, 0.5) is 0 Å². The van der Waals surface area contributed by atoms with Crippen molar-refractivity contribution in [1.29, 1.82) is 0 Å². The maximum absolute atomic E-state index is 12.1. The number of carbonyl (C=O) groups is 2. The van der Waals surface area contributed by atoms with E-state index in [1.54, 1.807) is 18.2 Å². The highest BCUT2D eigenvalue weighted by Gasteiger charge is 2.34. The summed E-state index contributed by atoms with van der Waals surface area (Å²) in [5.41, 5.74) is 0.420. The summed E-state index contributed by atoms with van der Waals surface area (Å²) >= 11 is 9.15. The number of hydrogen-bond donors (Lipinski definition) is 2. The van der Waals surface area contributed by atoms with Gasteiger partial charge in [0.25, 0.3) is 5.91 Å². The van der Waals surface area contributed by atoms with E-state index in [4.69, 9.17) is 16.7 Å². The molecule has 0 aromatic heterocycles. The van der Waals surface area contributed by atoms with Gasteiger partial charge in [-0.15, -0.1) is 0 Å². The fraction of sp³-hybridized carbons (Fsp3) is 0.385. The van der Waals surface area contributed by atoms with Crippen molar-refractivity contribution in [2.75, 3.05) is 0 Å². The van der Waals surface area contributed by atoms with E-state index in [1.807, 2.05) is 0 Å². The highest BCUT2D eigenvalue weighted by molar-refractivity contribution is 9.10. The van der Waals surface area contributed by atoms with E-state index in [0.29, 0.717) is 27.9 Å². The normalized spacial score (nSPS) is 22.2. The third-order valence-corrected chi connectivity index (χ3v) is 4.25. The fourth-order valence-electron chi connectivity index (χ4n) is 2.35. The maximum Gasteiger partial charge on any atom is 0.308 e. The van der Waals surface area contributed by atoms with E-state index < -0.39 is 11.9 Å². The predicted molar refractivity (Wildman–Crippen MR) is 75.4 cm³/mol. The molecule has 2 atom stereocenters. The molecule has 102 valence electrons. The van der Waals surface area contributed by atoms with Gasteiger partial charge in [-0.25, -0.2) is 0 Å². The zero-order valence-corrected chi connectivity index (χ0v) is 12.4. The molecule has 2 unspecified atom stereocenters. The smallest absolute Gasteiger partial charge is 0.308 e. The van der Waals surface area contributed by atoms with Crippen LogP contribution in [0, 0.1) is 5.92 Å². The lowest BCUT2D eigenvalue weighted by Gasteiger charge is -2.18. The lowest BCUT2D eigenvalue weighted by Crippen LogP contribution is -2.40. The molecule has 0 aliphatic heterocycles. The molecule has 19 heavy (non-hydrogen) atoms. The number of carboxylic acids is 1. The molecule has 1 aliphatic rings. The number of rotatable bonds is 3. The van der Waals surface area contributed by atoms with Crippen molar-refractivity contribution < 1.29 is 14.7 Å². The molecule has 1 fully saturated rings. The van der Waals surface area contributed by atoms with Crippen LogP contribution in [-0.4, -0.2) is 23.0 Å². The number of halogens is 2. The first-order chi connectivity index (χ1) is 8.99. The van der Waals surface area contributed by atoms with Crippen LogP contribution in [0.15, 0.2) is 22.7 Å². The summed E-state index contributed by atoms with van der Waals surface area (Å²) < 4.78 is 0.638. The van der Waals surface area contributed by atoms with Gasteiger partial charge in [-0.05, 0) is 47.0 Å². The van der Waals surface area contributed by atoms with Gasteiger partial charge < -0.3 is 10.4 Å². The van der Waals surface area contributed by atoms with Crippen molar-refractivity contribution in [3.8, 4) is 0 Å². The Hall–Kier alpha value is -1.07. The van der Waals surface area contributed by atoms with E-state index >= 15 is 0 Å². The van der Waals surface area contributed by atoms with Crippen LogP contribution in [0.2, 0.25) is 5.02 Å². The van der Waals surface area contributed by atoms with Crippen molar-refractivity contribution in [2.24, 2.45) is 5.92 Å². The highest BCUT2D eigenvalue weighted by Crippen LogP contribution is 2.27. The fourth-order valence-corrected chi connectivity index (χ4v) is 2.94. The molecule has 1 amide bonds. The van der Waals surface area contributed by atoms with Crippen LogP contribution in [-0.2, 0) is 4.79 Å². The molecule has 1 saturated carbocycles. The molecule has 0 heterocycles. The number of amides is 1. The first-order valence-corrected chi connectivity index (χ1v) is 7.15. The summed E-state index contributed by atoms with van der Waals surface area (Å²) in [6.07, 6.45) is 2.12. The van der Waals surface area contributed by atoms with Crippen LogP contribution in [0.3, 0.4) is 0 Å². The highest BCUT2D eigenvalue weighted by atomic mass is 79.9. The Labute approximate surface area is 124 Å². The Kier molecular flexibility index (Phi) is 4.47. The van der Waals surface area contributed by atoms with Crippen molar-refractivity contribution in [2.45, 2.75) is 25.3 Å². The van der Waals surface area contributed by atoms with E-state index in [0.717, 1.165) is 6.42 Å². The number of nitrogens with one attached hydrogen (secondary N) is 1. The van der Waals surface area contributed by atoms with E-state index in [9.17, 15) is 9.59 Å². The summed E-state index contributed by atoms with van der Waals surface area (Å²) in [6.45, 7) is 0. The standard InChI is InChI=1S/C13H13BrClNO3/c14-10-5-4-7(15)6-9(10)12(17)16-11-3-1-2-8(11)13(18)19/h4-6,8,11H,1-3H2,(H,16,17)(H,18,19). The first kappa shape index (κ1) is 14.3. The molecule has 4 nitrogen and oxygen atoms in total. The average molecular weight is 347 g/mol. The number of hydrogen-bond acceptors (Lipinski definition) is 2. The Bertz CT molecular complexity index is 521. The van der Waals surface area contributed by atoms with Gasteiger partial charge in [-0.3, -0.25) is 9.59 Å². The third kappa shape index (κ3) is 3.28. The summed E-state index contributed by atoms with van der Waals surface area (Å²) in [5, 5.41) is 12.3. The van der Waals surface area contributed by atoms with Gasteiger partial charge in [0.2, 0.25) is 0 Å². The molecule has 6 heteroatoms. The molecule has 1 aromatic carbocycles. The van der Waals surface area contributed by atoms with E-state index in [-0.39, 0.29) is 11.9 Å². The Morgan fingerprint density at radius 1 is 1.37 bits per heavy atom. The van der Waals surface area contributed by atoms with Crippen molar-refractivity contribution in [3.63, 3.8) is 0 Å². The zero-order chi connectivity index (χ0) is 14.0. The van der Waals surface area contributed by atoms with Gasteiger partial charge in [0.15, 0.2) is 0 Å². The van der Waals surface area contributed by atoms with E-state index in [1.165, 1.54) is 0 Å². The summed E-state index contributed by atoms with van der Waals surface area (Å²) in [7, 11) is 0. The minimum absolute atomic E-state index is 0.299. The molecule has 0 saturated heterocycles. The molecular formula is C13H13BrClNO3. The van der Waals surface area contributed by atoms with Gasteiger partial charge >= 0.3 is 5.97 Å². The Morgan fingerprint density at radius 3 is 2.79 bits per heavy atom. The van der Waals surface area contributed by atoms with Crippen molar-refractivity contribution in [3.05, 3.63) is 33.3 Å². The second-order valence-electron chi connectivity index (χ2n) is 4.58. The molecule has 0 bridgehead atoms. The Balaban J connectivity index is 2.12. The lowest BCUT2D eigenvalue weighted by molar-refractivity contribution is -0.142. The summed E-state index contributed by atoms with van der Waals surface area (Å²) in [4.78, 5) is 23.2. The number of carboxylic acid groups (broad SMARTS) is 1. The maximum atomic E-state index is 12.1. The monoisotopic (exact) mass is 345 g/mol. The van der Waals surface area contributed by atoms with Gasteiger partial charge in [0.1, 0.15) is 0 Å². The quantitative estimate of drug-likeness (QED) is 0.884. The van der Waals surface area contributed by atoms with Gasteiger partial charge in [-0.1, -0.05) is 18.0 Å². The summed E-state index contributed by atoms with van der Waals surface area (Å²) in [5.74, 6) is -1.65. The van der Waals surface area contributed by atoms with E-state index in [2.05, 4.69) is 21.2 Å². The molecule has 1 aromatic rings. The second kappa shape index (κ2) is 5.92. The van der Waals surface area contributed by atoms with Gasteiger partial charge in [0.05, 0.1) is 11.5 Å². The molecular weight excluding hydrogens is 334 g/mol. The Morgan fingerprint density at radius 2 is 2.11 bits per heavy atom. The van der Waals surface area contributed by atoms with Crippen LogP contribution < -0.4 is 5.32 Å². The third-order valence-electron chi connectivity index (χ3n) is 3.32. The molecule has 0 radical (unpaired) electrons. The minimum atomic E-state index is -0.854. The van der Waals surface area contributed by atoms with Crippen molar-refractivity contribution >= 4 is 39.4 Å². The number of benzene rings is 1. The van der Waals surface area contributed by atoms with Gasteiger partial charge in [-0.2, -0.15) is 0 Å². The molecule has 0 spiro atoms. The van der Waals surface area contributed by atoms with Crippen LogP contribution in [0.25, 0.3) is 0 Å². The predicted octanol–water partition coefficient (Wildman–Crippen LogP) is 3.09. The SMILES string of the molecule is O=C(NC1CCCC1C(=O)O)c1cc(Cl)ccc1Br. The van der Waals surface area contributed by atoms with Gasteiger partial charge in [0, 0.05) is 15.5 Å². The lowest BCUT2D eigenvalue weighted by atomic mass is 10.0. The zero-order valence-electron chi connectivity index (χ0n) is 10.0. The molecule has 2 rings (SSSR count). The largest absolute Gasteiger partial charge is 0.481 e. The van der Waals surface area contributed by atoms with Crippen LogP contribution >= 0.6 is 27.5 Å². The van der Waals surface area contributed by atoms with Crippen LogP contribution in [0.1, 0.15) is 29.6 Å². The number of carbonyl (C=O) groups excluding carboxylic acids is 1.